The predicted molar refractivity (Wildman–Crippen MR) is 94.8 cm³/mol. The number of unbranched alkanes of at least 4 members (excludes halogenated alkanes) is 9. The van der Waals surface area contributed by atoms with Crippen LogP contribution in [0.5, 0.6) is 0 Å². The van der Waals surface area contributed by atoms with Crippen molar-refractivity contribution in [2.24, 2.45) is 0 Å². The molecule has 0 spiro atoms. The molecule has 3 atom stereocenters. The molecule has 0 aromatic carbocycles. The molecule has 0 aromatic heterocycles. The molecule has 0 heterocycles. The number of ketones is 1. The molecule has 0 bridgehead atoms. The molecular weight excluding hydrogens is 310 g/mol. The monoisotopic (exact) mass is 347 g/mol. The zero-order chi connectivity index (χ0) is 18.2. The van der Waals surface area contributed by atoms with Crippen molar-refractivity contribution in [3.05, 3.63) is 0 Å². The van der Waals surface area contributed by atoms with Crippen molar-refractivity contribution in [3.63, 3.8) is 0 Å². The maximum absolute atomic E-state index is 11.6. The van der Waals surface area contributed by atoms with E-state index in [-0.39, 0.29) is 6.54 Å². The Labute approximate surface area is 146 Å². The minimum atomic E-state index is -1.67. The summed E-state index contributed by atoms with van der Waals surface area (Å²) in [5.41, 5.74) is 0. The number of hydrogen-bond acceptors (Lipinski definition) is 6. The molecule has 6 heteroatoms. The standard InChI is InChI=1S/C18H37NO5/c1-2-3-4-5-6-7-8-9-10-11-12-19-13-15(21)17(23)18(24)16(22)14-20/h16-20,22-24H,2-14H2,1H3/t16-,17-,18+/m1/s1. The molecule has 24 heavy (non-hydrogen) atoms. The fourth-order valence-corrected chi connectivity index (χ4v) is 2.56. The van der Waals surface area contributed by atoms with Crippen LogP contribution in [-0.2, 0) is 4.79 Å². The van der Waals surface area contributed by atoms with Crippen LogP contribution in [0.3, 0.4) is 0 Å². The molecule has 0 amide bonds. The van der Waals surface area contributed by atoms with Gasteiger partial charge in [-0.2, -0.15) is 0 Å². The van der Waals surface area contributed by atoms with Crippen molar-refractivity contribution in [2.75, 3.05) is 19.7 Å². The van der Waals surface area contributed by atoms with Crippen molar-refractivity contribution < 1.29 is 25.2 Å². The lowest BCUT2D eigenvalue weighted by molar-refractivity contribution is -0.139. The predicted octanol–water partition coefficient (Wildman–Crippen LogP) is 1.14. The fraction of sp³-hybridized carbons (Fsp3) is 0.944. The highest BCUT2D eigenvalue weighted by molar-refractivity contribution is 5.85. The maximum Gasteiger partial charge on any atom is 0.177 e. The van der Waals surface area contributed by atoms with Crippen molar-refractivity contribution in [1.82, 2.24) is 5.32 Å². The number of hydrogen-bond donors (Lipinski definition) is 5. The van der Waals surface area contributed by atoms with Crippen LogP contribution in [0.1, 0.15) is 71.1 Å². The number of Topliss-reactive ketones (excluding diaryl/α,β-unsaturated/α-hetero) is 1. The third-order valence-electron chi connectivity index (χ3n) is 4.24. The van der Waals surface area contributed by atoms with E-state index in [1.807, 2.05) is 0 Å². The molecule has 0 radical (unpaired) electrons. The molecule has 0 saturated heterocycles. The first-order chi connectivity index (χ1) is 11.5. The van der Waals surface area contributed by atoms with Gasteiger partial charge in [0.2, 0.25) is 0 Å². The van der Waals surface area contributed by atoms with Crippen LogP contribution in [0, 0.1) is 0 Å². The number of aliphatic hydroxyl groups is 4. The fourth-order valence-electron chi connectivity index (χ4n) is 2.56. The molecule has 0 saturated carbocycles. The smallest absolute Gasteiger partial charge is 0.177 e. The second-order valence-electron chi connectivity index (χ2n) is 6.51. The average molecular weight is 347 g/mol. The summed E-state index contributed by atoms with van der Waals surface area (Å²) in [5.74, 6) is -0.581. The molecule has 0 rings (SSSR count). The lowest BCUT2D eigenvalue weighted by atomic mass is 10.0. The van der Waals surface area contributed by atoms with Gasteiger partial charge in [-0.15, -0.1) is 0 Å². The van der Waals surface area contributed by atoms with Gasteiger partial charge in [0, 0.05) is 0 Å². The van der Waals surface area contributed by atoms with E-state index < -0.39 is 30.7 Å². The Bertz CT molecular complexity index is 301. The van der Waals surface area contributed by atoms with Crippen molar-refractivity contribution in [3.8, 4) is 0 Å². The Morgan fingerprint density at radius 1 is 0.875 bits per heavy atom. The quantitative estimate of drug-likeness (QED) is 0.252. The Balaban J connectivity index is 3.45. The van der Waals surface area contributed by atoms with Gasteiger partial charge < -0.3 is 25.7 Å². The van der Waals surface area contributed by atoms with Gasteiger partial charge >= 0.3 is 0 Å². The molecule has 0 aliphatic heterocycles. The summed E-state index contributed by atoms with van der Waals surface area (Å²) in [6.07, 6.45) is 7.66. The number of nitrogens with one attached hydrogen (secondary N) is 1. The Morgan fingerprint density at radius 3 is 1.88 bits per heavy atom. The molecule has 0 unspecified atom stereocenters. The molecule has 0 aromatic rings. The van der Waals surface area contributed by atoms with Crippen molar-refractivity contribution >= 4 is 5.78 Å². The van der Waals surface area contributed by atoms with Crippen LogP contribution < -0.4 is 5.32 Å². The topological polar surface area (TPSA) is 110 Å². The van der Waals surface area contributed by atoms with E-state index >= 15 is 0 Å². The Hall–Kier alpha value is -0.530. The summed E-state index contributed by atoms with van der Waals surface area (Å²) < 4.78 is 0. The summed E-state index contributed by atoms with van der Waals surface area (Å²) in [5, 5.41) is 39.8. The molecule has 5 N–H and O–H groups in total. The Morgan fingerprint density at radius 2 is 1.38 bits per heavy atom. The molecule has 0 aliphatic rings. The van der Waals surface area contributed by atoms with Gasteiger partial charge in [-0.25, -0.2) is 0 Å². The van der Waals surface area contributed by atoms with E-state index in [4.69, 9.17) is 5.11 Å². The first-order valence-electron chi connectivity index (χ1n) is 9.43. The van der Waals surface area contributed by atoms with E-state index in [9.17, 15) is 20.1 Å². The van der Waals surface area contributed by atoms with Crippen LogP contribution in [0.15, 0.2) is 0 Å². The van der Waals surface area contributed by atoms with Gasteiger partial charge in [-0.1, -0.05) is 64.7 Å². The number of rotatable bonds is 17. The van der Waals surface area contributed by atoms with Gasteiger partial charge in [0.25, 0.3) is 0 Å². The number of carbonyl (C=O) groups excluding carboxylic acids is 1. The number of aliphatic hydroxyl groups excluding tert-OH is 4. The Kier molecular flexibility index (Phi) is 15.6. The van der Waals surface area contributed by atoms with Crippen molar-refractivity contribution in [1.29, 1.82) is 0 Å². The minimum absolute atomic E-state index is 0.0478. The second kappa shape index (κ2) is 16.0. The molecule has 144 valence electrons. The van der Waals surface area contributed by atoms with E-state index in [1.165, 1.54) is 51.4 Å². The van der Waals surface area contributed by atoms with E-state index in [0.717, 1.165) is 12.8 Å². The van der Waals surface area contributed by atoms with E-state index in [0.29, 0.717) is 6.54 Å². The zero-order valence-electron chi connectivity index (χ0n) is 15.1. The summed E-state index contributed by atoms with van der Waals surface area (Å²) in [6, 6.07) is 0. The van der Waals surface area contributed by atoms with Crippen LogP contribution in [0.4, 0.5) is 0 Å². The number of carbonyl (C=O) groups is 1. The molecule has 0 fully saturated rings. The average Bonchev–Trinajstić information content (AvgIpc) is 2.60. The highest BCUT2D eigenvalue weighted by Gasteiger charge is 2.29. The van der Waals surface area contributed by atoms with Crippen molar-refractivity contribution in [2.45, 2.75) is 89.4 Å². The van der Waals surface area contributed by atoms with Gasteiger partial charge in [-0.3, -0.25) is 4.79 Å². The lowest BCUT2D eigenvalue weighted by Crippen LogP contribution is -2.46. The third-order valence-corrected chi connectivity index (χ3v) is 4.24. The third kappa shape index (κ3) is 11.9. The summed E-state index contributed by atoms with van der Waals surface area (Å²) in [7, 11) is 0. The van der Waals surface area contributed by atoms with Gasteiger partial charge in [0.15, 0.2) is 5.78 Å². The normalized spacial score (nSPS) is 15.2. The summed E-state index contributed by atoms with van der Waals surface area (Å²) in [6.45, 7) is 2.17. The van der Waals surface area contributed by atoms with Crippen LogP contribution in [0.25, 0.3) is 0 Å². The molecule has 0 aliphatic carbocycles. The van der Waals surface area contributed by atoms with Gasteiger partial charge in [-0.05, 0) is 13.0 Å². The van der Waals surface area contributed by atoms with Gasteiger partial charge in [0.1, 0.15) is 18.3 Å². The molecule has 6 nitrogen and oxygen atoms in total. The lowest BCUT2D eigenvalue weighted by Gasteiger charge is -2.20. The van der Waals surface area contributed by atoms with E-state index in [2.05, 4.69) is 12.2 Å². The maximum atomic E-state index is 11.6. The van der Waals surface area contributed by atoms with E-state index in [1.54, 1.807) is 0 Å². The highest BCUT2D eigenvalue weighted by Crippen LogP contribution is 2.10. The SMILES string of the molecule is CCCCCCCCCCCCNCC(=O)[C@@H](O)[C@@H](O)[C@H](O)CO. The first kappa shape index (κ1) is 23.5. The second-order valence-corrected chi connectivity index (χ2v) is 6.51. The zero-order valence-corrected chi connectivity index (χ0v) is 15.1. The summed E-state index contributed by atoms with van der Waals surface area (Å²) >= 11 is 0. The molecular formula is C18H37NO5. The van der Waals surface area contributed by atoms with Crippen LogP contribution >= 0.6 is 0 Å². The first-order valence-corrected chi connectivity index (χ1v) is 9.43. The largest absolute Gasteiger partial charge is 0.394 e. The van der Waals surface area contributed by atoms with Crippen LogP contribution in [-0.4, -0.2) is 64.2 Å². The van der Waals surface area contributed by atoms with Gasteiger partial charge in [0.05, 0.1) is 13.2 Å². The minimum Gasteiger partial charge on any atom is -0.394 e. The highest BCUT2D eigenvalue weighted by atomic mass is 16.4. The van der Waals surface area contributed by atoms with Crippen LogP contribution in [0.2, 0.25) is 0 Å². The summed E-state index contributed by atoms with van der Waals surface area (Å²) in [4.78, 5) is 11.6.